The summed E-state index contributed by atoms with van der Waals surface area (Å²) in [7, 11) is 0. The summed E-state index contributed by atoms with van der Waals surface area (Å²) in [5.41, 5.74) is 3.63. The Morgan fingerprint density at radius 1 is 0.962 bits per heavy atom. The Kier molecular flexibility index (Phi) is 4.69. The summed E-state index contributed by atoms with van der Waals surface area (Å²) in [6.45, 7) is 0.238. The molecule has 0 atom stereocenters. The summed E-state index contributed by atoms with van der Waals surface area (Å²) in [6.07, 6.45) is 0. The van der Waals surface area contributed by atoms with Gasteiger partial charge in [0.2, 0.25) is 0 Å². The zero-order valence-corrected chi connectivity index (χ0v) is 15.3. The first-order chi connectivity index (χ1) is 12.7. The van der Waals surface area contributed by atoms with Gasteiger partial charge in [-0.15, -0.1) is 11.3 Å². The number of carbonyl (C=O) groups is 1. The van der Waals surface area contributed by atoms with Crippen molar-refractivity contribution in [1.29, 1.82) is 0 Å². The summed E-state index contributed by atoms with van der Waals surface area (Å²) in [4.78, 5) is 16.9. The van der Waals surface area contributed by atoms with E-state index in [1.54, 1.807) is 35.6 Å². The van der Waals surface area contributed by atoms with Gasteiger partial charge in [-0.3, -0.25) is 4.79 Å². The van der Waals surface area contributed by atoms with Crippen LogP contribution in [0.3, 0.4) is 0 Å². The molecule has 0 saturated carbocycles. The van der Waals surface area contributed by atoms with E-state index in [9.17, 15) is 4.79 Å². The lowest BCUT2D eigenvalue weighted by Gasteiger charge is -2.06. The lowest BCUT2D eigenvalue weighted by molar-refractivity contribution is 0.101. The fraction of sp³-hybridized carbons (Fsp3) is 0.0476. The van der Waals surface area contributed by atoms with Gasteiger partial charge in [-0.05, 0) is 60.7 Å². The van der Waals surface area contributed by atoms with Gasteiger partial charge in [-0.25, -0.2) is 4.98 Å². The first-order valence-electron chi connectivity index (χ1n) is 8.18. The van der Waals surface area contributed by atoms with Crippen molar-refractivity contribution < 1.29 is 4.79 Å². The molecule has 5 heteroatoms. The smallest absolute Gasteiger partial charge is 0.181 e. The Balaban J connectivity index is 1.44. The molecule has 0 aliphatic heterocycles. The van der Waals surface area contributed by atoms with E-state index >= 15 is 0 Å². The van der Waals surface area contributed by atoms with Crippen molar-refractivity contribution in [2.24, 2.45) is 0 Å². The fourth-order valence-corrected chi connectivity index (χ4v) is 3.74. The number of para-hydroxylation sites is 1. The number of hydrogen-bond acceptors (Lipinski definition) is 4. The molecule has 0 amide bonds. The monoisotopic (exact) mass is 378 g/mol. The molecule has 128 valence electrons. The van der Waals surface area contributed by atoms with E-state index in [-0.39, 0.29) is 12.3 Å². The summed E-state index contributed by atoms with van der Waals surface area (Å²) in [6, 6.07) is 23.0. The maximum atomic E-state index is 12.2. The molecule has 26 heavy (non-hydrogen) atoms. The maximum absolute atomic E-state index is 12.2. The Morgan fingerprint density at radius 2 is 1.69 bits per heavy atom. The second-order valence-corrected chi connectivity index (χ2v) is 7.31. The molecule has 0 aliphatic carbocycles. The molecule has 0 saturated heterocycles. The quantitative estimate of drug-likeness (QED) is 0.439. The van der Waals surface area contributed by atoms with Crippen LogP contribution < -0.4 is 5.32 Å². The molecule has 0 aliphatic rings. The minimum atomic E-state index is 0.0249. The van der Waals surface area contributed by atoms with Crippen LogP contribution in [0.25, 0.3) is 20.8 Å². The predicted octanol–water partition coefficient (Wildman–Crippen LogP) is 5.91. The van der Waals surface area contributed by atoms with Crippen LogP contribution in [-0.4, -0.2) is 17.3 Å². The number of halogens is 1. The van der Waals surface area contributed by atoms with E-state index in [0.717, 1.165) is 21.8 Å². The Morgan fingerprint density at radius 3 is 2.42 bits per heavy atom. The topological polar surface area (TPSA) is 42.0 Å². The summed E-state index contributed by atoms with van der Waals surface area (Å²) in [5.74, 6) is 0.0249. The third-order valence-electron chi connectivity index (χ3n) is 4.05. The molecular formula is C21H15ClN2OS. The number of benzene rings is 3. The van der Waals surface area contributed by atoms with Crippen LogP contribution in [0.2, 0.25) is 5.02 Å². The Bertz CT molecular complexity index is 1020. The first kappa shape index (κ1) is 16.8. The number of hydrogen-bond donors (Lipinski definition) is 1. The normalized spacial score (nSPS) is 10.8. The summed E-state index contributed by atoms with van der Waals surface area (Å²) >= 11 is 7.53. The molecule has 3 nitrogen and oxygen atoms in total. The average Bonchev–Trinajstić information content (AvgIpc) is 3.11. The second kappa shape index (κ2) is 7.28. The van der Waals surface area contributed by atoms with Gasteiger partial charge in [0.1, 0.15) is 5.01 Å². The minimum Gasteiger partial charge on any atom is -0.378 e. The van der Waals surface area contributed by atoms with Gasteiger partial charge in [0.15, 0.2) is 5.78 Å². The number of thiazole rings is 1. The molecule has 1 N–H and O–H groups in total. The third kappa shape index (κ3) is 3.62. The number of nitrogens with zero attached hydrogens (tertiary/aromatic N) is 1. The van der Waals surface area contributed by atoms with Crippen LogP contribution in [0.1, 0.15) is 10.4 Å². The van der Waals surface area contributed by atoms with E-state index in [2.05, 4.69) is 16.4 Å². The zero-order chi connectivity index (χ0) is 17.9. The number of nitrogens with one attached hydrogen (secondary N) is 1. The number of aromatic nitrogens is 1. The number of rotatable bonds is 5. The second-order valence-electron chi connectivity index (χ2n) is 5.85. The van der Waals surface area contributed by atoms with Gasteiger partial charge >= 0.3 is 0 Å². The number of ketones is 1. The van der Waals surface area contributed by atoms with Crippen LogP contribution in [0.4, 0.5) is 5.69 Å². The number of fused-ring (bicyclic) bond motifs is 1. The van der Waals surface area contributed by atoms with Crippen molar-refractivity contribution in [3.63, 3.8) is 0 Å². The van der Waals surface area contributed by atoms with Gasteiger partial charge in [0.05, 0.1) is 16.8 Å². The van der Waals surface area contributed by atoms with Crippen molar-refractivity contribution in [1.82, 2.24) is 4.98 Å². The molecule has 0 fully saturated rings. The van der Waals surface area contributed by atoms with E-state index in [1.807, 2.05) is 42.5 Å². The summed E-state index contributed by atoms with van der Waals surface area (Å²) in [5, 5.41) is 4.78. The molecular weight excluding hydrogens is 364 g/mol. The van der Waals surface area contributed by atoms with E-state index < -0.39 is 0 Å². The first-order valence-corrected chi connectivity index (χ1v) is 9.37. The minimum absolute atomic E-state index is 0.0249. The maximum Gasteiger partial charge on any atom is 0.181 e. The lowest BCUT2D eigenvalue weighted by atomic mass is 10.1. The largest absolute Gasteiger partial charge is 0.378 e. The highest BCUT2D eigenvalue weighted by Crippen LogP contribution is 2.30. The van der Waals surface area contributed by atoms with Gasteiger partial charge in [0, 0.05) is 21.8 Å². The van der Waals surface area contributed by atoms with Crippen molar-refractivity contribution in [3.05, 3.63) is 83.4 Å². The highest BCUT2D eigenvalue weighted by Gasteiger charge is 2.07. The average molecular weight is 379 g/mol. The number of carbonyl (C=O) groups excluding carboxylic acids is 1. The molecule has 0 radical (unpaired) electrons. The third-order valence-corrected chi connectivity index (χ3v) is 5.38. The van der Waals surface area contributed by atoms with Gasteiger partial charge in [0.25, 0.3) is 0 Å². The highest BCUT2D eigenvalue weighted by atomic mass is 35.5. The van der Waals surface area contributed by atoms with Crippen LogP contribution in [-0.2, 0) is 0 Å². The molecule has 0 spiro atoms. The SMILES string of the molecule is O=C(CNc1ccc(-c2nc3ccccc3s2)cc1)c1ccc(Cl)cc1. The van der Waals surface area contributed by atoms with Crippen LogP contribution >= 0.6 is 22.9 Å². The van der Waals surface area contributed by atoms with Crippen molar-refractivity contribution in [2.45, 2.75) is 0 Å². The van der Waals surface area contributed by atoms with E-state index in [4.69, 9.17) is 11.6 Å². The van der Waals surface area contributed by atoms with Gasteiger partial charge in [-0.1, -0.05) is 23.7 Å². The number of Topliss-reactive ketones (excluding diaryl/α,β-unsaturated/α-hetero) is 1. The van der Waals surface area contributed by atoms with Crippen LogP contribution in [0.15, 0.2) is 72.8 Å². The Labute approximate surface area is 160 Å². The predicted molar refractivity (Wildman–Crippen MR) is 109 cm³/mol. The molecule has 4 aromatic rings. The van der Waals surface area contributed by atoms with Gasteiger partial charge in [-0.2, -0.15) is 0 Å². The van der Waals surface area contributed by atoms with Crippen molar-refractivity contribution in [2.75, 3.05) is 11.9 Å². The van der Waals surface area contributed by atoms with Gasteiger partial charge < -0.3 is 5.32 Å². The van der Waals surface area contributed by atoms with Crippen molar-refractivity contribution in [3.8, 4) is 10.6 Å². The van der Waals surface area contributed by atoms with Crippen molar-refractivity contribution >= 4 is 44.6 Å². The number of anilines is 1. The summed E-state index contributed by atoms with van der Waals surface area (Å²) < 4.78 is 1.18. The Hall–Kier alpha value is -2.69. The molecule has 1 aromatic heterocycles. The van der Waals surface area contributed by atoms with Crippen LogP contribution in [0, 0.1) is 0 Å². The molecule has 0 unspecified atom stereocenters. The van der Waals surface area contributed by atoms with E-state index in [0.29, 0.717) is 10.6 Å². The molecule has 4 rings (SSSR count). The molecule has 0 bridgehead atoms. The highest BCUT2D eigenvalue weighted by molar-refractivity contribution is 7.21. The fourth-order valence-electron chi connectivity index (χ4n) is 2.65. The van der Waals surface area contributed by atoms with Crippen LogP contribution in [0.5, 0.6) is 0 Å². The standard InChI is InChI=1S/C21H15ClN2OS/c22-16-9-5-14(6-10-16)19(25)13-23-17-11-7-15(8-12-17)21-24-18-3-1-2-4-20(18)26-21/h1-12,23H,13H2. The molecule has 3 aromatic carbocycles. The molecule has 1 heterocycles. The lowest BCUT2D eigenvalue weighted by Crippen LogP contribution is -2.13. The zero-order valence-electron chi connectivity index (χ0n) is 13.8. The van der Waals surface area contributed by atoms with E-state index in [1.165, 1.54) is 4.70 Å².